The third kappa shape index (κ3) is 2.49. The molecule has 0 saturated carbocycles. The van der Waals surface area contributed by atoms with Crippen LogP contribution in [0, 0.1) is 0 Å². The number of nitrogens with zero attached hydrogens (tertiary/aromatic N) is 1. The van der Waals surface area contributed by atoms with Gasteiger partial charge in [-0.05, 0) is 24.5 Å². The van der Waals surface area contributed by atoms with E-state index in [1.54, 1.807) is 10.6 Å². The molecule has 4 heteroatoms. The molecule has 4 nitrogen and oxygen atoms in total. The van der Waals surface area contributed by atoms with Crippen LogP contribution in [0.3, 0.4) is 0 Å². The molecule has 0 radical (unpaired) electrons. The zero-order valence-corrected chi connectivity index (χ0v) is 12.0. The number of fused-ring (bicyclic) bond motifs is 1. The van der Waals surface area contributed by atoms with Crippen LogP contribution in [-0.4, -0.2) is 17.6 Å². The van der Waals surface area contributed by atoms with Gasteiger partial charge >= 0.3 is 5.97 Å². The average molecular weight is 283 g/mol. The summed E-state index contributed by atoms with van der Waals surface area (Å²) in [4.78, 5) is 24.5. The number of methoxy groups -OCH3 is 1. The van der Waals surface area contributed by atoms with Gasteiger partial charge in [0.15, 0.2) is 0 Å². The van der Waals surface area contributed by atoms with E-state index in [2.05, 4.69) is 0 Å². The van der Waals surface area contributed by atoms with Gasteiger partial charge in [0.2, 0.25) is 0 Å². The number of aromatic nitrogens is 1. The molecule has 1 aliphatic rings. The molecule has 2 aromatic rings. The van der Waals surface area contributed by atoms with Crippen molar-refractivity contribution in [1.82, 2.24) is 4.57 Å². The van der Waals surface area contributed by atoms with Crippen LogP contribution in [0.4, 0.5) is 0 Å². The standard InChI is InChI=1S/C17H17NO3/c1-21-17(20)14-11-13(10-12-6-3-2-4-7-12)16(19)18-9-5-8-15(14)18/h2-4,6-7,11H,5,8-10H2,1H3. The fourth-order valence-electron chi connectivity index (χ4n) is 2.90. The van der Waals surface area contributed by atoms with Gasteiger partial charge in [0, 0.05) is 24.2 Å². The average Bonchev–Trinajstić information content (AvgIpc) is 3.00. The molecule has 1 aliphatic heterocycles. The molecule has 0 amide bonds. The summed E-state index contributed by atoms with van der Waals surface area (Å²) in [6.07, 6.45) is 2.18. The van der Waals surface area contributed by atoms with Crippen molar-refractivity contribution in [3.05, 3.63) is 69.1 Å². The van der Waals surface area contributed by atoms with Crippen LogP contribution in [-0.2, 0) is 24.1 Å². The van der Waals surface area contributed by atoms with Crippen LogP contribution in [0.25, 0.3) is 0 Å². The number of carbonyl (C=O) groups excluding carboxylic acids is 1. The Morgan fingerprint density at radius 1 is 1.29 bits per heavy atom. The predicted molar refractivity (Wildman–Crippen MR) is 79.6 cm³/mol. The van der Waals surface area contributed by atoms with Crippen molar-refractivity contribution in [2.24, 2.45) is 0 Å². The second kappa shape index (κ2) is 5.56. The zero-order chi connectivity index (χ0) is 14.8. The maximum absolute atomic E-state index is 12.5. The van der Waals surface area contributed by atoms with Crippen molar-refractivity contribution >= 4 is 5.97 Å². The van der Waals surface area contributed by atoms with Gasteiger partial charge in [0.1, 0.15) is 0 Å². The molecular formula is C17H17NO3. The third-order valence-electron chi connectivity index (χ3n) is 3.91. The second-order valence-electron chi connectivity index (χ2n) is 5.24. The highest BCUT2D eigenvalue weighted by molar-refractivity contribution is 5.90. The normalized spacial score (nSPS) is 13.0. The number of hydrogen-bond donors (Lipinski definition) is 0. The summed E-state index contributed by atoms with van der Waals surface area (Å²) in [5, 5.41) is 0. The molecule has 0 spiro atoms. The van der Waals surface area contributed by atoms with E-state index in [9.17, 15) is 9.59 Å². The quantitative estimate of drug-likeness (QED) is 0.811. The minimum atomic E-state index is -0.366. The Morgan fingerprint density at radius 3 is 2.76 bits per heavy atom. The fraction of sp³-hybridized carbons (Fsp3) is 0.294. The lowest BCUT2D eigenvalue weighted by atomic mass is 10.0. The molecule has 0 N–H and O–H groups in total. The maximum atomic E-state index is 12.5. The summed E-state index contributed by atoms with van der Waals surface area (Å²) in [5.74, 6) is -0.366. The monoisotopic (exact) mass is 283 g/mol. The van der Waals surface area contributed by atoms with Crippen LogP contribution < -0.4 is 5.56 Å². The van der Waals surface area contributed by atoms with Crippen LogP contribution in [0.15, 0.2) is 41.2 Å². The van der Waals surface area contributed by atoms with E-state index in [0.717, 1.165) is 24.1 Å². The van der Waals surface area contributed by atoms with E-state index in [-0.39, 0.29) is 11.5 Å². The summed E-state index contributed by atoms with van der Waals surface area (Å²) >= 11 is 0. The summed E-state index contributed by atoms with van der Waals surface area (Å²) in [6.45, 7) is 0.681. The number of esters is 1. The minimum Gasteiger partial charge on any atom is -0.465 e. The van der Waals surface area contributed by atoms with Crippen molar-refractivity contribution in [3.8, 4) is 0 Å². The van der Waals surface area contributed by atoms with Crippen molar-refractivity contribution in [2.75, 3.05) is 7.11 Å². The van der Waals surface area contributed by atoms with Gasteiger partial charge in [-0.3, -0.25) is 4.79 Å². The molecule has 2 heterocycles. The molecule has 0 bridgehead atoms. The molecule has 0 aliphatic carbocycles. The predicted octanol–water partition coefficient (Wildman–Crippen LogP) is 2.17. The third-order valence-corrected chi connectivity index (χ3v) is 3.91. The Labute approximate surface area is 123 Å². The number of rotatable bonds is 3. The van der Waals surface area contributed by atoms with Gasteiger partial charge in [-0.2, -0.15) is 0 Å². The molecule has 0 atom stereocenters. The summed E-state index contributed by atoms with van der Waals surface area (Å²) in [7, 11) is 1.37. The van der Waals surface area contributed by atoms with E-state index in [4.69, 9.17) is 4.74 Å². The first kappa shape index (κ1) is 13.6. The molecule has 0 fully saturated rings. The van der Waals surface area contributed by atoms with Crippen LogP contribution in [0.1, 0.15) is 33.6 Å². The Morgan fingerprint density at radius 2 is 2.05 bits per heavy atom. The number of carbonyl (C=O) groups is 1. The molecule has 1 aromatic carbocycles. The minimum absolute atomic E-state index is 0.0130. The van der Waals surface area contributed by atoms with E-state index < -0.39 is 0 Å². The Hall–Kier alpha value is -2.36. The lowest BCUT2D eigenvalue weighted by molar-refractivity contribution is 0.0598. The first-order valence-corrected chi connectivity index (χ1v) is 7.08. The molecular weight excluding hydrogens is 266 g/mol. The number of hydrogen-bond acceptors (Lipinski definition) is 3. The molecule has 0 unspecified atom stereocenters. The van der Waals surface area contributed by atoms with E-state index in [1.807, 2.05) is 30.3 Å². The number of pyridine rings is 1. The van der Waals surface area contributed by atoms with Gasteiger partial charge in [0.05, 0.1) is 12.7 Å². The van der Waals surface area contributed by atoms with Crippen molar-refractivity contribution in [2.45, 2.75) is 25.8 Å². The molecule has 1 aromatic heterocycles. The Balaban J connectivity index is 2.09. The summed E-state index contributed by atoms with van der Waals surface area (Å²) in [6, 6.07) is 11.5. The molecule has 0 saturated heterocycles. The lowest BCUT2D eigenvalue weighted by Gasteiger charge is -2.11. The van der Waals surface area contributed by atoms with Crippen LogP contribution in [0.5, 0.6) is 0 Å². The van der Waals surface area contributed by atoms with E-state index in [0.29, 0.717) is 24.1 Å². The van der Waals surface area contributed by atoms with E-state index in [1.165, 1.54) is 7.11 Å². The summed E-state index contributed by atoms with van der Waals surface area (Å²) < 4.78 is 6.58. The highest BCUT2D eigenvalue weighted by atomic mass is 16.5. The van der Waals surface area contributed by atoms with Crippen molar-refractivity contribution in [3.63, 3.8) is 0 Å². The van der Waals surface area contributed by atoms with Crippen LogP contribution >= 0.6 is 0 Å². The Bertz CT molecular complexity index is 732. The number of benzene rings is 1. The Kier molecular flexibility index (Phi) is 3.60. The SMILES string of the molecule is COC(=O)c1cc(Cc2ccccc2)c(=O)n2c1CCC2. The van der Waals surface area contributed by atoms with Gasteiger partial charge in [-0.15, -0.1) is 0 Å². The highest BCUT2D eigenvalue weighted by Gasteiger charge is 2.23. The van der Waals surface area contributed by atoms with Crippen LogP contribution in [0.2, 0.25) is 0 Å². The smallest absolute Gasteiger partial charge is 0.339 e. The molecule has 108 valence electrons. The van der Waals surface area contributed by atoms with Crippen molar-refractivity contribution in [1.29, 1.82) is 0 Å². The topological polar surface area (TPSA) is 48.3 Å². The molecule has 3 rings (SSSR count). The van der Waals surface area contributed by atoms with Gasteiger partial charge < -0.3 is 9.30 Å². The van der Waals surface area contributed by atoms with Gasteiger partial charge in [-0.25, -0.2) is 4.79 Å². The zero-order valence-electron chi connectivity index (χ0n) is 12.0. The fourth-order valence-corrected chi connectivity index (χ4v) is 2.90. The van der Waals surface area contributed by atoms with Gasteiger partial charge in [-0.1, -0.05) is 30.3 Å². The maximum Gasteiger partial charge on any atom is 0.339 e. The number of ether oxygens (including phenoxy) is 1. The summed E-state index contributed by atoms with van der Waals surface area (Å²) in [5.41, 5.74) is 3.06. The first-order chi connectivity index (χ1) is 10.2. The first-order valence-electron chi connectivity index (χ1n) is 7.08. The second-order valence-corrected chi connectivity index (χ2v) is 5.24. The van der Waals surface area contributed by atoms with Gasteiger partial charge in [0.25, 0.3) is 5.56 Å². The largest absolute Gasteiger partial charge is 0.465 e. The van der Waals surface area contributed by atoms with Crippen molar-refractivity contribution < 1.29 is 9.53 Å². The highest BCUT2D eigenvalue weighted by Crippen LogP contribution is 2.20. The molecule has 21 heavy (non-hydrogen) atoms. The van der Waals surface area contributed by atoms with E-state index >= 15 is 0 Å². The lowest BCUT2D eigenvalue weighted by Crippen LogP contribution is -2.26.